The van der Waals surface area contributed by atoms with E-state index in [0.29, 0.717) is 35.8 Å². The topological polar surface area (TPSA) is 82.6 Å². The summed E-state index contributed by atoms with van der Waals surface area (Å²) in [5.74, 6) is 0.513. The Kier molecular flexibility index (Phi) is 4.51. The summed E-state index contributed by atoms with van der Waals surface area (Å²) in [6.45, 7) is 1.92. The Labute approximate surface area is 182 Å². The van der Waals surface area contributed by atoms with Gasteiger partial charge in [-0.2, -0.15) is 0 Å². The second kappa shape index (κ2) is 7.15. The van der Waals surface area contributed by atoms with Gasteiger partial charge in [0, 0.05) is 17.8 Å². The third kappa shape index (κ3) is 3.49. The van der Waals surface area contributed by atoms with E-state index in [0.717, 1.165) is 11.1 Å². The second-order valence-electron chi connectivity index (χ2n) is 7.82. The van der Waals surface area contributed by atoms with Crippen molar-refractivity contribution in [3.05, 3.63) is 59.8 Å². The Morgan fingerprint density at radius 3 is 2.56 bits per heavy atom. The highest BCUT2D eigenvalue weighted by atomic mass is 19.3. The minimum absolute atomic E-state index is 0.0482. The van der Waals surface area contributed by atoms with Crippen LogP contribution in [0.1, 0.15) is 24.0 Å². The molecule has 1 aliphatic heterocycles. The quantitative estimate of drug-likeness (QED) is 0.633. The van der Waals surface area contributed by atoms with Crippen LogP contribution in [0.3, 0.4) is 0 Å². The number of benzene rings is 1. The molecule has 5 rings (SSSR count). The number of nitrogens with one attached hydrogen (secondary N) is 1. The number of anilines is 1. The molecule has 0 bridgehead atoms. The molecule has 0 radical (unpaired) electrons. The van der Waals surface area contributed by atoms with E-state index in [1.807, 2.05) is 19.1 Å². The van der Waals surface area contributed by atoms with Crippen molar-refractivity contribution in [2.24, 2.45) is 0 Å². The lowest BCUT2D eigenvalue weighted by Gasteiger charge is -2.16. The summed E-state index contributed by atoms with van der Waals surface area (Å²) in [6, 6.07) is 11.6. The first-order valence-electron chi connectivity index (χ1n) is 10.00. The number of alkyl halides is 2. The lowest BCUT2D eigenvalue weighted by molar-refractivity contribution is -0.286. The van der Waals surface area contributed by atoms with Gasteiger partial charge in [0.2, 0.25) is 11.8 Å². The van der Waals surface area contributed by atoms with E-state index in [1.54, 1.807) is 31.5 Å². The van der Waals surface area contributed by atoms with Crippen LogP contribution >= 0.6 is 0 Å². The van der Waals surface area contributed by atoms with Crippen LogP contribution in [0.2, 0.25) is 0 Å². The Bertz CT molecular complexity index is 1210. The Morgan fingerprint density at radius 2 is 1.88 bits per heavy atom. The summed E-state index contributed by atoms with van der Waals surface area (Å²) in [6.07, 6.45) is -0.852. The van der Waals surface area contributed by atoms with Crippen molar-refractivity contribution in [2.45, 2.75) is 31.5 Å². The highest BCUT2D eigenvalue weighted by Crippen LogP contribution is 2.52. The number of carbonyl (C=O) groups is 1. The average Bonchev–Trinajstić information content (AvgIpc) is 3.52. The molecular formula is C23H19F2N3O4. The minimum Gasteiger partial charge on any atom is -0.481 e. The zero-order valence-corrected chi connectivity index (χ0v) is 17.3. The van der Waals surface area contributed by atoms with E-state index in [1.165, 1.54) is 12.1 Å². The molecule has 3 aromatic rings. The van der Waals surface area contributed by atoms with Gasteiger partial charge >= 0.3 is 6.29 Å². The molecule has 1 fully saturated rings. The Hall–Kier alpha value is -3.75. The van der Waals surface area contributed by atoms with Crippen molar-refractivity contribution in [3.63, 3.8) is 0 Å². The highest BCUT2D eigenvalue weighted by Gasteiger charge is 2.53. The maximum atomic E-state index is 13.3. The van der Waals surface area contributed by atoms with E-state index in [4.69, 9.17) is 4.74 Å². The molecule has 1 N–H and O–H groups in total. The molecule has 0 atom stereocenters. The van der Waals surface area contributed by atoms with Crippen LogP contribution < -0.4 is 19.5 Å². The molecule has 1 aromatic carbocycles. The van der Waals surface area contributed by atoms with Crippen LogP contribution in [0, 0.1) is 6.92 Å². The van der Waals surface area contributed by atoms with Gasteiger partial charge in [-0.15, -0.1) is 8.78 Å². The number of fused-ring (bicyclic) bond motifs is 1. The van der Waals surface area contributed by atoms with E-state index >= 15 is 0 Å². The number of rotatable bonds is 5. The van der Waals surface area contributed by atoms with Gasteiger partial charge in [-0.3, -0.25) is 4.79 Å². The molecule has 1 amide bonds. The molecular weight excluding hydrogens is 420 g/mol. The SMILES string of the molecule is COc1ccc(-c2nc(NC(=O)C3(c4ccc5c(c4)OC(F)(F)O5)CC3)ccc2C)cn1. The van der Waals surface area contributed by atoms with Gasteiger partial charge in [-0.05, 0) is 55.2 Å². The number of pyridine rings is 2. The largest absolute Gasteiger partial charge is 0.586 e. The zero-order valence-electron chi connectivity index (χ0n) is 17.3. The number of aromatic nitrogens is 2. The molecule has 164 valence electrons. The second-order valence-corrected chi connectivity index (χ2v) is 7.82. The molecule has 0 spiro atoms. The molecule has 1 saturated carbocycles. The maximum absolute atomic E-state index is 13.3. The van der Waals surface area contributed by atoms with Crippen LogP contribution in [0.15, 0.2) is 48.7 Å². The Balaban J connectivity index is 1.38. The number of halogens is 2. The lowest BCUT2D eigenvalue weighted by atomic mass is 9.94. The molecule has 1 aliphatic carbocycles. The molecule has 0 saturated heterocycles. The zero-order chi connectivity index (χ0) is 22.5. The maximum Gasteiger partial charge on any atom is 0.586 e. The molecule has 32 heavy (non-hydrogen) atoms. The number of hydrogen-bond acceptors (Lipinski definition) is 6. The van der Waals surface area contributed by atoms with Crippen molar-refractivity contribution in [3.8, 4) is 28.6 Å². The number of amides is 1. The highest BCUT2D eigenvalue weighted by molar-refractivity contribution is 6.01. The monoisotopic (exact) mass is 439 g/mol. The first-order chi connectivity index (χ1) is 15.3. The predicted molar refractivity (Wildman–Crippen MR) is 111 cm³/mol. The molecule has 2 aliphatic rings. The number of aryl methyl sites for hydroxylation is 1. The first-order valence-corrected chi connectivity index (χ1v) is 10.00. The van der Waals surface area contributed by atoms with Gasteiger partial charge in [0.25, 0.3) is 0 Å². The standard InChI is InChI=1S/C23H19F2N3O4/c1-13-3-7-18(27-20(13)14-4-8-19(30-2)26-12-14)28-21(29)22(9-10-22)15-5-6-16-17(11-15)32-23(24,25)31-16/h3-8,11-12H,9-10H2,1-2H3,(H,27,28,29). The molecule has 0 unspecified atom stereocenters. The van der Waals surface area contributed by atoms with Gasteiger partial charge in [-0.25, -0.2) is 9.97 Å². The van der Waals surface area contributed by atoms with Gasteiger partial charge in [0.05, 0.1) is 18.2 Å². The van der Waals surface area contributed by atoms with E-state index in [-0.39, 0.29) is 17.4 Å². The van der Waals surface area contributed by atoms with E-state index in [9.17, 15) is 13.6 Å². The Morgan fingerprint density at radius 1 is 1.09 bits per heavy atom. The van der Waals surface area contributed by atoms with Crippen LogP contribution in [-0.2, 0) is 10.2 Å². The number of ether oxygens (including phenoxy) is 3. The smallest absolute Gasteiger partial charge is 0.481 e. The third-order valence-electron chi connectivity index (χ3n) is 5.70. The molecule has 2 aromatic heterocycles. The van der Waals surface area contributed by atoms with Crippen LogP contribution in [0.4, 0.5) is 14.6 Å². The van der Waals surface area contributed by atoms with Crippen molar-refractivity contribution >= 4 is 11.7 Å². The van der Waals surface area contributed by atoms with Gasteiger partial charge in [-0.1, -0.05) is 12.1 Å². The summed E-state index contributed by atoms with van der Waals surface area (Å²) < 4.78 is 40.7. The molecule has 9 heteroatoms. The predicted octanol–water partition coefficient (Wildman–Crippen LogP) is 4.45. The van der Waals surface area contributed by atoms with Gasteiger partial charge < -0.3 is 19.5 Å². The average molecular weight is 439 g/mol. The van der Waals surface area contributed by atoms with E-state index in [2.05, 4.69) is 24.8 Å². The van der Waals surface area contributed by atoms with Crippen LogP contribution in [0.25, 0.3) is 11.3 Å². The van der Waals surface area contributed by atoms with Crippen molar-refractivity contribution in [2.75, 3.05) is 12.4 Å². The lowest BCUT2D eigenvalue weighted by Crippen LogP contribution is -2.28. The van der Waals surface area contributed by atoms with Crippen LogP contribution in [-0.4, -0.2) is 29.3 Å². The summed E-state index contributed by atoms with van der Waals surface area (Å²) >= 11 is 0. The fourth-order valence-electron chi connectivity index (χ4n) is 3.79. The fraction of sp³-hybridized carbons (Fsp3) is 0.261. The van der Waals surface area contributed by atoms with Crippen molar-refractivity contribution in [1.82, 2.24) is 9.97 Å². The third-order valence-corrected chi connectivity index (χ3v) is 5.70. The number of carbonyl (C=O) groups excluding carboxylic acids is 1. The normalized spacial score (nSPS) is 17.0. The van der Waals surface area contributed by atoms with Crippen molar-refractivity contribution < 1.29 is 27.8 Å². The fourth-order valence-corrected chi connectivity index (χ4v) is 3.79. The number of nitrogens with zero attached hydrogens (tertiary/aromatic N) is 2. The minimum atomic E-state index is -3.70. The molecule has 3 heterocycles. The summed E-state index contributed by atoms with van der Waals surface area (Å²) in [5, 5.41) is 2.87. The van der Waals surface area contributed by atoms with Crippen molar-refractivity contribution in [1.29, 1.82) is 0 Å². The van der Waals surface area contributed by atoms with Gasteiger partial charge in [0.15, 0.2) is 11.5 Å². The number of hydrogen-bond donors (Lipinski definition) is 1. The molecule has 7 nitrogen and oxygen atoms in total. The van der Waals surface area contributed by atoms with Crippen LogP contribution in [0.5, 0.6) is 17.4 Å². The first kappa shape index (κ1) is 20.2. The summed E-state index contributed by atoms with van der Waals surface area (Å²) in [7, 11) is 1.54. The summed E-state index contributed by atoms with van der Waals surface area (Å²) in [4.78, 5) is 21.9. The number of methoxy groups -OCH3 is 1. The van der Waals surface area contributed by atoms with E-state index < -0.39 is 11.7 Å². The van der Waals surface area contributed by atoms with Gasteiger partial charge in [0.1, 0.15) is 5.82 Å². The summed E-state index contributed by atoms with van der Waals surface area (Å²) in [5.41, 5.74) is 2.19.